The zero-order valence-corrected chi connectivity index (χ0v) is 18.4. The third-order valence-corrected chi connectivity index (χ3v) is 6.28. The second-order valence-corrected chi connectivity index (χ2v) is 9.05. The van der Waals surface area contributed by atoms with Crippen molar-refractivity contribution in [2.45, 2.75) is 37.1 Å². The van der Waals surface area contributed by atoms with Gasteiger partial charge in [0.05, 0.1) is 17.4 Å². The molecule has 31 heavy (non-hydrogen) atoms. The van der Waals surface area contributed by atoms with Crippen molar-refractivity contribution in [2.24, 2.45) is 4.40 Å². The van der Waals surface area contributed by atoms with Gasteiger partial charge in [-0.25, -0.2) is 0 Å². The second kappa shape index (κ2) is 9.74. The van der Waals surface area contributed by atoms with Gasteiger partial charge in [0.15, 0.2) is 0 Å². The highest BCUT2D eigenvalue weighted by atomic mass is 32.2. The predicted octanol–water partition coefficient (Wildman–Crippen LogP) is 2.71. The van der Waals surface area contributed by atoms with Gasteiger partial charge in [0.2, 0.25) is 11.8 Å². The minimum atomic E-state index is -3.80. The molecule has 3 rings (SSSR count). The first-order valence-corrected chi connectivity index (χ1v) is 11.5. The van der Waals surface area contributed by atoms with E-state index in [9.17, 15) is 18.0 Å². The van der Waals surface area contributed by atoms with Gasteiger partial charge in [-0.2, -0.15) is 8.42 Å². The molecule has 0 bridgehead atoms. The fourth-order valence-corrected chi connectivity index (χ4v) is 4.49. The topological polar surface area (TPSA) is 108 Å². The summed E-state index contributed by atoms with van der Waals surface area (Å²) in [7, 11) is -1.98. The fraction of sp³-hybridized carbons (Fsp3) is 0.318. The predicted molar refractivity (Wildman–Crippen MR) is 119 cm³/mol. The number of sulfonamides is 1. The molecule has 2 N–H and O–H groups in total. The van der Waals surface area contributed by atoms with Crippen molar-refractivity contribution in [1.82, 2.24) is 10.2 Å². The second-order valence-electron chi connectivity index (χ2n) is 7.45. The molecule has 0 aliphatic carbocycles. The Morgan fingerprint density at radius 1 is 1.10 bits per heavy atom. The lowest BCUT2D eigenvalue weighted by molar-refractivity contribution is -0.120. The summed E-state index contributed by atoms with van der Waals surface area (Å²) in [4.78, 5) is 26.0. The van der Waals surface area contributed by atoms with Crippen LogP contribution in [0.2, 0.25) is 0 Å². The molecule has 1 aliphatic rings. The molecule has 2 aromatic rings. The van der Waals surface area contributed by atoms with Gasteiger partial charge >= 0.3 is 0 Å². The van der Waals surface area contributed by atoms with Crippen LogP contribution in [0.3, 0.4) is 0 Å². The van der Waals surface area contributed by atoms with Crippen molar-refractivity contribution >= 4 is 33.4 Å². The molecule has 0 spiro atoms. The quantitative estimate of drug-likeness (QED) is 0.685. The number of hydrogen-bond donors (Lipinski definition) is 2. The monoisotopic (exact) mass is 442 g/mol. The van der Waals surface area contributed by atoms with Crippen molar-refractivity contribution in [3.8, 4) is 0 Å². The van der Waals surface area contributed by atoms with E-state index >= 15 is 0 Å². The number of rotatable bonds is 7. The molecule has 8 nitrogen and oxygen atoms in total. The molecule has 1 heterocycles. The van der Waals surface area contributed by atoms with Crippen LogP contribution in [0.15, 0.2) is 63.9 Å². The smallest absolute Gasteiger partial charge is 0.283 e. The fourth-order valence-electron chi connectivity index (χ4n) is 3.39. The maximum Gasteiger partial charge on any atom is 0.283 e. The highest BCUT2D eigenvalue weighted by Gasteiger charge is 2.21. The number of amidine groups is 1. The highest BCUT2D eigenvalue weighted by Crippen LogP contribution is 2.21. The maximum atomic E-state index is 12.5. The number of likely N-dealkylation sites (tertiary alicyclic amines) is 1. The van der Waals surface area contributed by atoms with E-state index in [1.54, 1.807) is 0 Å². The summed E-state index contributed by atoms with van der Waals surface area (Å²) in [5, 5.41) is 5.53. The van der Waals surface area contributed by atoms with Gasteiger partial charge in [-0.1, -0.05) is 30.3 Å². The number of carbonyl (C=O) groups is 2. The molecule has 164 valence electrons. The molecular formula is C22H26N4O4S. The van der Waals surface area contributed by atoms with Crippen LogP contribution in [-0.4, -0.2) is 44.6 Å². The van der Waals surface area contributed by atoms with Crippen molar-refractivity contribution in [3.05, 3.63) is 60.2 Å². The number of nitrogens with zero attached hydrogens (tertiary/aromatic N) is 2. The van der Waals surface area contributed by atoms with Crippen LogP contribution in [0.4, 0.5) is 5.69 Å². The van der Waals surface area contributed by atoms with Crippen LogP contribution in [0.25, 0.3) is 0 Å². The average Bonchev–Trinajstić information content (AvgIpc) is 3.12. The minimum Gasteiger partial charge on any atom is -0.362 e. The maximum absolute atomic E-state index is 12.5. The first-order valence-electron chi connectivity index (χ1n) is 10.0. The van der Waals surface area contributed by atoms with Gasteiger partial charge in [0.1, 0.15) is 5.84 Å². The third-order valence-electron chi connectivity index (χ3n) is 4.96. The Morgan fingerprint density at radius 3 is 2.35 bits per heavy atom. The Morgan fingerprint density at radius 2 is 1.77 bits per heavy atom. The first-order chi connectivity index (χ1) is 14.7. The summed E-state index contributed by atoms with van der Waals surface area (Å²) in [6, 6.07) is 14.7. The summed E-state index contributed by atoms with van der Waals surface area (Å²) >= 11 is 0. The van der Waals surface area contributed by atoms with Gasteiger partial charge in [-0.05, 0) is 36.2 Å². The molecule has 1 fully saturated rings. The van der Waals surface area contributed by atoms with Gasteiger partial charge in [-0.3, -0.25) is 9.59 Å². The summed E-state index contributed by atoms with van der Waals surface area (Å²) in [5.74, 6) is 0.0269. The lowest BCUT2D eigenvalue weighted by Gasteiger charge is -2.18. The highest BCUT2D eigenvalue weighted by molar-refractivity contribution is 7.90. The average molecular weight is 443 g/mol. The van der Waals surface area contributed by atoms with Gasteiger partial charge in [0.25, 0.3) is 10.0 Å². The van der Waals surface area contributed by atoms with Crippen LogP contribution in [0.1, 0.15) is 37.8 Å². The normalized spacial score (nSPS) is 16.2. The van der Waals surface area contributed by atoms with E-state index in [4.69, 9.17) is 0 Å². The van der Waals surface area contributed by atoms with E-state index in [2.05, 4.69) is 15.0 Å². The number of nitrogens with one attached hydrogen (secondary N) is 2. The molecule has 9 heteroatoms. The van der Waals surface area contributed by atoms with E-state index in [1.807, 2.05) is 42.3 Å². The van der Waals surface area contributed by atoms with Crippen LogP contribution in [0.5, 0.6) is 0 Å². The largest absolute Gasteiger partial charge is 0.362 e. The van der Waals surface area contributed by atoms with Gasteiger partial charge in [0, 0.05) is 32.6 Å². The number of hydrogen-bond acceptors (Lipinski definition) is 4. The van der Waals surface area contributed by atoms with E-state index in [0.717, 1.165) is 18.5 Å². The summed E-state index contributed by atoms with van der Waals surface area (Å²) < 4.78 is 29.0. The molecule has 2 aromatic carbocycles. The van der Waals surface area contributed by atoms with Gasteiger partial charge in [-0.15, -0.1) is 4.40 Å². The zero-order valence-electron chi connectivity index (χ0n) is 17.5. The zero-order chi connectivity index (χ0) is 22.4. The van der Waals surface area contributed by atoms with E-state index in [0.29, 0.717) is 17.9 Å². The number of anilines is 1. The Labute approximate surface area is 182 Å². The van der Waals surface area contributed by atoms with Crippen LogP contribution in [-0.2, 0) is 19.6 Å². The SMILES string of the molecule is CC(=O)NC(CC(=O)Nc1ccc(S(=O)(=O)/N=C2\CCCN2C)cc1)c1ccccc1. The molecule has 1 aliphatic heterocycles. The van der Waals surface area contributed by atoms with Crippen LogP contribution in [0, 0.1) is 0 Å². The molecule has 1 unspecified atom stereocenters. The van der Waals surface area contributed by atoms with E-state index in [-0.39, 0.29) is 23.1 Å². The first kappa shape index (κ1) is 22.5. The van der Waals surface area contributed by atoms with E-state index in [1.165, 1.54) is 31.2 Å². The van der Waals surface area contributed by atoms with Crippen molar-refractivity contribution in [2.75, 3.05) is 18.9 Å². The standard InChI is InChI=1S/C22H26N4O4S/c1-16(27)23-20(17-7-4-3-5-8-17)15-22(28)24-18-10-12-19(13-11-18)31(29,30)25-21-9-6-14-26(21)2/h3-5,7-8,10-13,20H,6,9,14-15H2,1-2H3,(H,23,27)(H,24,28)/b25-21+. The molecular weight excluding hydrogens is 416 g/mol. The summed E-state index contributed by atoms with van der Waals surface area (Å²) in [5.41, 5.74) is 1.29. The molecule has 1 atom stereocenters. The molecule has 0 saturated carbocycles. The Hall–Kier alpha value is -3.20. The molecule has 0 radical (unpaired) electrons. The lowest BCUT2D eigenvalue weighted by Crippen LogP contribution is -2.29. The third kappa shape index (κ3) is 6.14. The van der Waals surface area contributed by atoms with Crippen molar-refractivity contribution in [3.63, 3.8) is 0 Å². The lowest BCUT2D eigenvalue weighted by atomic mass is 10.0. The molecule has 0 aromatic heterocycles. The Bertz CT molecular complexity index is 1070. The Kier molecular flexibility index (Phi) is 7.06. The van der Waals surface area contributed by atoms with Crippen molar-refractivity contribution < 1.29 is 18.0 Å². The van der Waals surface area contributed by atoms with Crippen molar-refractivity contribution in [1.29, 1.82) is 0 Å². The van der Waals surface area contributed by atoms with E-state index < -0.39 is 16.1 Å². The number of amides is 2. The van der Waals surface area contributed by atoms with Gasteiger partial charge < -0.3 is 15.5 Å². The van der Waals surface area contributed by atoms with Crippen LogP contribution >= 0.6 is 0 Å². The summed E-state index contributed by atoms with van der Waals surface area (Å²) in [6.45, 7) is 2.20. The molecule has 1 saturated heterocycles. The minimum absolute atomic E-state index is 0.0453. The summed E-state index contributed by atoms with van der Waals surface area (Å²) in [6.07, 6.45) is 1.57. The Balaban J connectivity index is 1.67. The number of carbonyl (C=O) groups excluding carboxylic acids is 2. The van der Waals surface area contributed by atoms with Crippen LogP contribution < -0.4 is 10.6 Å². The number of benzene rings is 2. The molecule has 2 amide bonds.